The lowest BCUT2D eigenvalue weighted by atomic mass is 10.0. The Labute approximate surface area is 229 Å². The summed E-state index contributed by atoms with van der Waals surface area (Å²) in [7, 11) is 1.82. The molecule has 0 bridgehead atoms. The number of alkyl halides is 2. The molecule has 0 fully saturated rings. The van der Waals surface area contributed by atoms with Crippen LogP contribution in [0.4, 0.5) is 14.5 Å². The first-order valence-corrected chi connectivity index (χ1v) is 12.8. The van der Waals surface area contributed by atoms with Crippen LogP contribution in [0.1, 0.15) is 38.0 Å². The SMILES string of the molecule is Cc1c(-c2ccnc3cc(C(=O)Nc4c(C(N)=O)sc5nc(C(F)F)cc(-c6ccccc6)c45)nn23)cnn1C. The van der Waals surface area contributed by atoms with Crippen molar-refractivity contribution >= 4 is 44.7 Å². The summed E-state index contributed by atoms with van der Waals surface area (Å²) in [6, 6.07) is 13.3. The first-order valence-electron chi connectivity index (χ1n) is 12.0. The second kappa shape index (κ2) is 9.61. The summed E-state index contributed by atoms with van der Waals surface area (Å²) in [5.74, 6) is -1.47. The fraction of sp³-hybridized carbons (Fsp3) is 0.111. The maximum atomic E-state index is 13.7. The number of nitrogens with two attached hydrogens (primary N) is 1. The second-order valence-corrected chi connectivity index (χ2v) is 9.96. The lowest BCUT2D eigenvalue weighted by Gasteiger charge is -2.10. The van der Waals surface area contributed by atoms with Gasteiger partial charge in [-0.1, -0.05) is 30.3 Å². The van der Waals surface area contributed by atoms with Crippen molar-refractivity contribution in [2.75, 3.05) is 5.32 Å². The number of pyridine rings is 1. The van der Waals surface area contributed by atoms with E-state index in [-0.39, 0.29) is 21.1 Å². The average molecular weight is 559 g/mol. The molecule has 5 heterocycles. The van der Waals surface area contributed by atoms with Gasteiger partial charge in [-0.3, -0.25) is 14.3 Å². The van der Waals surface area contributed by atoms with Crippen molar-refractivity contribution in [3.63, 3.8) is 0 Å². The van der Waals surface area contributed by atoms with Gasteiger partial charge in [0.2, 0.25) is 0 Å². The molecule has 0 aliphatic heterocycles. The van der Waals surface area contributed by atoms with Crippen LogP contribution in [0.2, 0.25) is 0 Å². The highest BCUT2D eigenvalue weighted by Gasteiger charge is 2.26. The average Bonchev–Trinajstić information content (AvgIpc) is 3.64. The molecular weight excluding hydrogens is 538 g/mol. The van der Waals surface area contributed by atoms with Gasteiger partial charge >= 0.3 is 0 Å². The number of thiophene rings is 1. The van der Waals surface area contributed by atoms with Gasteiger partial charge in [-0.15, -0.1) is 11.3 Å². The minimum atomic E-state index is -2.84. The number of aromatic nitrogens is 6. The molecule has 0 aliphatic carbocycles. The molecule has 0 saturated carbocycles. The van der Waals surface area contributed by atoms with Gasteiger partial charge in [0.1, 0.15) is 15.4 Å². The van der Waals surface area contributed by atoms with Crippen molar-refractivity contribution < 1.29 is 18.4 Å². The molecule has 6 aromatic rings. The topological polar surface area (TPSA) is 133 Å². The molecule has 13 heteroatoms. The molecule has 10 nitrogen and oxygen atoms in total. The van der Waals surface area contributed by atoms with Gasteiger partial charge in [0.05, 0.1) is 17.6 Å². The van der Waals surface area contributed by atoms with Crippen LogP contribution in [0.15, 0.2) is 60.9 Å². The third kappa shape index (κ3) is 4.16. The monoisotopic (exact) mass is 558 g/mol. The van der Waals surface area contributed by atoms with Gasteiger partial charge in [0.15, 0.2) is 11.3 Å². The van der Waals surface area contributed by atoms with Crippen molar-refractivity contribution in [1.82, 2.24) is 29.4 Å². The van der Waals surface area contributed by atoms with Crippen LogP contribution in [-0.2, 0) is 7.05 Å². The van der Waals surface area contributed by atoms with E-state index in [4.69, 9.17) is 5.73 Å². The number of primary amides is 1. The van der Waals surface area contributed by atoms with Crippen molar-refractivity contribution in [2.24, 2.45) is 12.8 Å². The van der Waals surface area contributed by atoms with E-state index in [1.165, 1.54) is 16.6 Å². The van der Waals surface area contributed by atoms with Crippen LogP contribution in [0.3, 0.4) is 0 Å². The fourth-order valence-corrected chi connectivity index (χ4v) is 5.52. The summed E-state index contributed by atoms with van der Waals surface area (Å²) in [6.45, 7) is 1.91. The third-order valence-corrected chi connectivity index (χ3v) is 7.65. The van der Waals surface area contributed by atoms with E-state index in [1.807, 2.05) is 14.0 Å². The first kappa shape index (κ1) is 25.2. The standard InChI is InChI=1S/C27H20F2N8O2S/c1-13-16(12-32-36(13)2)19-8-9-31-20-11-18(35-37(19)20)26(39)34-22-21-15(14-6-4-3-5-7-14)10-17(24(28)29)33-27(21)40-23(22)25(30)38/h3-12,24H,1-2H3,(H2,30,38)(H,34,39). The zero-order valence-electron chi connectivity index (χ0n) is 21.1. The molecule has 200 valence electrons. The second-order valence-electron chi connectivity index (χ2n) is 8.96. The predicted octanol–water partition coefficient (Wildman–Crippen LogP) is 5.00. The Morgan fingerprint density at radius 1 is 1.10 bits per heavy atom. The summed E-state index contributed by atoms with van der Waals surface area (Å²) in [4.78, 5) is 34.5. The highest BCUT2D eigenvalue weighted by molar-refractivity contribution is 7.21. The summed E-state index contributed by atoms with van der Waals surface area (Å²) in [5, 5.41) is 11.8. The van der Waals surface area contributed by atoms with Crippen LogP contribution in [0.25, 0.3) is 38.2 Å². The quantitative estimate of drug-likeness (QED) is 0.296. The number of carbonyl (C=O) groups excluding carboxylic acids is 2. The van der Waals surface area contributed by atoms with Gasteiger partial charge in [-0.05, 0) is 30.2 Å². The van der Waals surface area contributed by atoms with Gasteiger partial charge in [0, 0.05) is 36.0 Å². The van der Waals surface area contributed by atoms with Gasteiger partial charge in [-0.25, -0.2) is 23.3 Å². The van der Waals surface area contributed by atoms with Crippen LogP contribution < -0.4 is 11.1 Å². The molecule has 6 rings (SSSR count). The molecule has 0 aliphatic rings. The summed E-state index contributed by atoms with van der Waals surface area (Å²) < 4.78 is 30.7. The first-order chi connectivity index (χ1) is 19.2. The number of hydrogen-bond acceptors (Lipinski definition) is 7. The Balaban J connectivity index is 1.49. The minimum absolute atomic E-state index is 0.0204. The number of anilines is 1. The van der Waals surface area contributed by atoms with Crippen molar-refractivity contribution in [1.29, 1.82) is 0 Å². The van der Waals surface area contributed by atoms with Gasteiger partial charge in [0.25, 0.3) is 18.2 Å². The van der Waals surface area contributed by atoms with E-state index >= 15 is 0 Å². The maximum absolute atomic E-state index is 13.7. The number of nitrogens with zero attached hydrogens (tertiary/aromatic N) is 6. The van der Waals surface area contributed by atoms with Crippen LogP contribution in [0, 0.1) is 6.92 Å². The van der Waals surface area contributed by atoms with E-state index in [1.54, 1.807) is 53.5 Å². The Morgan fingerprint density at radius 2 is 1.88 bits per heavy atom. The van der Waals surface area contributed by atoms with E-state index in [2.05, 4.69) is 25.5 Å². The number of amides is 2. The molecule has 3 N–H and O–H groups in total. The zero-order valence-corrected chi connectivity index (χ0v) is 21.9. The predicted molar refractivity (Wildman–Crippen MR) is 146 cm³/mol. The summed E-state index contributed by atoms with van der Waals surface area (Å²) in [5.41, 5.74) is 9.11. The number of aryl methyl sites for hydroxylation is 1. The maximum Gasteiger partial charge on any atom is 0.280 e. The number of carbonyl (C=O) groups is 2. The third-order valence-electron chi connectivity index (χ3n) is 6.55. The molecule has 0 saturated heterocycles. The Morgan fingerprint density at radius 3 is 2.55 bits per heavy atom. The van der Waals surface area contributed by atoms with Crippen LogP contribution >= 0.6 is 11.3 Å². The number of halogens is 2. The Kier molecular flexibility index (Phi) is 6.07. The Bertz CT molecular complexity index is 1940. The molecule has 5 aromatic heterocycles. The minimum Gasteiger partial charge on any atom is -0.365 e. The number of fused-ring (bicyclic) bond motifs is 2. The van der Waals surface area contributed by atoms with Crippen molar-refractivity contribution in [2.45, 2.75) is 13.3 Å². The van der Waals surface area contributed by atoms with E-state index in [0.29, 0.717) is 27.9 Å². The molecule has 0 spiro atoms. The van der Waals surface area contributed by atoms with Gasteiger partial charge in [-0.2, -0.15) is 10.2 Å². The van der Waals surface area contributed by atoms with E-state index in [9.17, 15) is 18.4 Å². The largest absolute Gasteiger partial charge is 0.365 e. The molecule has 1 aromatic carbocycles. The molecular formula is C27H20F2N8O2S. The van der Waals surface area contributed by atoms with Crippen LogP contribution in [-0.4, -0.2) is 41.2 Å². The van der Waals surface area contributed by atoms with E-state index < -0.39 is 23.9 Å². The molecule has 0 atom stereocenters. The highest BCUT2D eigenvalue weighted by atomic mass is 32.1. The number of hydrogen-bond donors (Lipinski definition) is 2. The summed E-state index contributed by atoms with van der Waals surface area (Å²) in [6.07, 6.45) is 0.469. The lowest BCUT2D eigenvalue weighted by Crippen LogP contribution is -2.17. The number of benzene rings is 1. The van der Waals surface area contributed by atoms with Crippen molar-refractivity contribution in [3.05, 3.63) is 82.9 Å². The normalized spacial score (nSPS) is 11.5. The fourth-order valence-electron chi connectivity index (χ4n) is 4.51. The number of rotatable bonds is 6. The van der Waals surface area contributed by atoms with E-state index in [0.717, 1.165) is 22.6 Å². The highest BCUT2D eigenvalue weighted by Crippen LogP contribution is 2.42. The lowest BCUT2D eigenvalue weighted by molar-refractivity contribution is 0.100. The molecule has 0 unspecified atom stereocenters. The number of nitrogens with one attached hydrogen (secondary N) is 1. The van der Waals surface area contributed by atoms with Crippen LogP contribution in [0.5, 0.6) is 0 Å². The van der Waals surface area contributed by atoms with Crippen molar-refractivity contribution in [3.8, 4) is 22.4 Å². The summed E-state index contributed by atoms with van der Waals surface area (Å²) >= 11 is 0.837. The smallest absolute Gasteiger partial charge is 0.280 e. The van der Waals surface area contributed by atoms with Gasteiger partial charge < -0.3 is 11.1 Å². The molecule has 0 radical (unpaired) electrons. The molecule has 2 amide bonds. The molecule has 40 heavy (non-hydrogen) atoms. The zero-order chi connectivity index (χ0) is 28.1. The Hall–Kier alpha value is -5.04.